The number of halogens is 1. The van der Waals surface area contributed by atoms with E-state index in [1.165, 1.54) is 5.56 Å². The number of nitrogens with two attached hydrogens (primary N) is 1. The highest BCUT2D eigenvalue weighted by Crippen LogP contribution is 2.37. The zero-order valence-electron chi connectivity index (χ0n) is 12.0. The lowest BCUT2D eigenvalue weighted by atomic mass is 10.2. The number of primary amides is 1. The Hall–Kier alpha value is -1.91. The second-order valence-electron chi connectivity index (χ2n) is 5.18. The van der Waals surface area contributed by atoms with Crippen molar-refractivity contribution in [2.24, 2.45) is 5.73 Å². The molecule has 0 saturated carbocycles. The van der Waals surface area contributed by atoms with Gasteiger partial charge in [0.05, 0.1) is 6.42 Å². The number of aromatic amines is 1. The van der Waals surface area contributed by atoms with Crippen LogP contribution >= 0.6 is 23.4 Å². The molecule has 0 aliphatic carbocycles. The largest absolute Gasteiger partial charge is 0.369 e. The van der Waals surface area contributed by atoms with Crippen LogP contribution in [0.5, 0.6) is 0 Å². The van der Waals surface area contributed by atoms with Crippen molar-refractivity contribution in [3.8, 4) is 0 Å². The number of amides is 1. The van der Waals surface area contributed by atoms with Crippen LogP contribution in [0.1, 0.15) is 11.3 Å². The van der Waals surface area contributed by atoms with Gasteiger partial charge in [0.1, 0.15) is 0 Å². The first-order chi connectivity index (χ1) is 10.5. The third-order valence-corrected chi connectivity index (χ3v) is 4.79. The summed E-state index contributed by atoms with van der Waals surface area (Å²) in [5.74, 6) is -0.346. The fraction of sp³-hybridized carbons (Fsp3) is 0.118. The first-order valence-electron chi connectivity index (χ1n) is 6.86. The molecule has 0 atom stereocenters. The normalized spacial score (nSPS) is 11.0. The summed E-state index contributed by atoms with van der Waals surface area (Å²) in [6.45, 7) is 2.04. The van der Waals surface area contributed by atoms with E-state index in [1.54, 1.807) is 11.8 Å². The molecule has 0 aliphatic rings. The number of aromatic nitrogens is 1. The maximum absolute atomic E-state index is 11.3. The summed E-state index contributed by atoms with van der Waals surface area (Å²) in [5, 5.41) is 1.80. The van der Waals surface area contributed by atoms with E-state index < -0.39 is 0 Å². The molecule has 1 amide bonds. The Morgan fingerprint density at radius 2 is 1.95 bits per heavy atom. The maximum atomic E-state index is 11.3. The highest BCUT2D eigenvalue weighted by molar-refractivity contribution is 7.99. The van der Waals surface area contributed by atoms with E-state index in [-0.39, 0.29) is 12.3 Å². The summed E-state index contributed by atoms with van der Waals surface area (Å²) in [5.41, 5.74) is 8.42. The van der Waals surface area contributed by atoms with Gasteiger partial charge in [-0.15, -0.1) is 0 Å². The van der Waals surface area contributed by atoms with E-state index in [2.05, 4.69) is 23.2 Å². The summed E-state index contributed by atoms with van der Waals surface area (Å²) in [6, 6.07) is 13.9. The van der Waals surface area contributed by atoms with E-state index in [1.807, 2.05) is 31.2 Å². The van der Waals surface area contributed by atoms with Crippen LogP contribution in [0, 0.1) is 6.92 Å². The van der Waals surface area contributed by atoms with E-state index >= 15 is 0 Å². The number of carbonyl (C=O) groups is 1. The summed E-state index contributed by atoms with van der Waals surface area (Å²) < 4.78 is 0. The van der Waals surface area contributed by atoms with Gasteiger partial charge in [0, 0.05) is 31.4 Å². The van der Waals surface area contributed by atoms with Crippen LogP contribution in [-0.2, 0) is 11.2 Å². The summed E-state index contributed by atoms with van der Waals surface area (Å²) in [6.07, 6.45) is 0.198. The summed E-state index contributed by atoms with van der Waals surface area (Å²) in [7, 11) is 0. The number of H-pyrrole nitrogens is 1. The number of rotatable bonds is 4. The lowest BCUT2D eigenvalue weighted by molar-refractivity contribution is -0.117. The van der Waals surface area contributed by atoms with Gasteiger partial charge >= 0.3 is 0 Å². The molecule has 0 fully saturated rings. The molecule has 3 N–H and O–H groups in total. The minimum absolute atomic E-state index is 0.198. The van der Waals surface area contributed by atoms with Gasteiger partial charge in [-0.3, -0.25) is 4.79 Å². The van der Waals surface area contributed by atoms with Gasteiger partial charge in [-0.1, -0.05) is 35.5 Å². The molecule has 3 nitrogen and oxygen atoms in total. The molecule has 0 aliphatic heterocycles. The minimum atomic E-state index is -0.346. The van der Waals surface area contributed by atoms with Crippen LogP contribution < -0.4 is 5.73 Å². The molecule has 0 radical (unpaired) electrons. The quantitative estimate of drug-likeness (QED) is 0.749. The van der Waals surface area contributed by atoms with Gasteiger partial charge in [-0.05, 0) is 42.8 Å². The second kappa shape index (κ2) is 6.07. The number of nitrogens with one attached hydrogen (secondary N) is 1. The predicted octanol–water partition coefficient (Wildman–Crippen LogP) is 4.31. The number of hydrogen-bond acceptors (Lipinski definition) is 2. The first kappa shape index (κ1) is 15.0. The van der Waals surface area contributed by atoms with E-state index in [4.69, 9.17) is 17.3 Å². The Bertz CT molecular complexity index is 840. The molecule has 22 heavy (non-hydrogen) atoms. The molecule has 0 unspecified atom stereocenters. The van der Waals surface area contributed by atoms with Crippen LogP contribution in [0.15, 0.2) is 52.3 Å². The molecule has 0 spiro atoms. The lowest BCUT2D eigenvalue weighted by Gasteiger charge is -2.04. The lowest BCUT2D eigenvalue weighted by Crippen LogP contribution is -2.14. The van der Waals surface area contributed by atoms with Crippen molar-refractivity contribution in [3.63, 3.8) is 0 Å². The Kier molecular flexibility index (Phi) is 4.14. The molecule has 2 aromatic carbocycles. The van der Waals surface area contributed by atoms with Crippen LogP contribution in [0.3, 0.4) is 0 Å². The Balaban J connectivity index is 2.08. The summed E-state index contributed by atoms with van der Waals surface area (Å²) >= 11 is 7.54. The van der Waals surface area contributed by atoms with Crippen molar-refractivity contribution < 1.29 is 4.79 Å². The van der Waals surface area contributed by atoms with E-state index in [0.717, 1.165) is 26.4 Å². The zero-order chi connectivity index (χ0) is 15.7. The van der Waals surface area contributed by atoms with Gasteiger partial charge in [0.25, 0.3) is 0 Å². The fourth-order valence-electron chi connectivity index (χ4n) is 2.38. The smallest absolute Gasteiger partial charge is 0.223 e. The standard InChI is InChI=1S/C17H15ClN2OS/c1-10-2-7-13-14(8-10)20-15(9-16(19)21)17(13)22-12-5-3-11(18)4-6-12/h2-8,20H,9H2,1H3,(H2,19,21). The SMILES string of the molecule is Cc1ccc2c(Sc3ccc(Cl)cc3)c(CC(N)=O)[nH]c2c1. The fourth-order valence-corrected chi connectivity index (χ4v) is 3.55. The average molecular weight is 331 g/mol. The molecule has 0 bridgehead atoms. The third-order valence-electron chi connectivity index (χ3n) is 3.36. The second-order valence-corrected chi connectivity index (χ2v) is 6.70. The molecule has 112 valence electrons. The van der Waals surface area contributed by atoms with Crippen molar-refractivity contribution in [1.29, 1.82) is 0 Å². The predicted molar refractivity (Wildman–Crippen MR) is 91.5 cm³/mol. The number of benzene rings is 2. The van der Waals surface area contributed by atoms with Crippen LogP contribution in [-0.4, -0.2) is 10.9 Å². The van der Waals surface area contributed by atoms with Crippen molar-refractivity contribution >= 4 is 40.2 Å². The maximum Gasteiger partial charge on any atom is 0.223 e. The first-order valence-corrected chi connectivity index (χ1v) is 8.05. The van der Waals surface area contributed by atoms with Gasteiger partial charge in [-0.2, -0.15) is 0 Å². The molecule has 1 aromatic heterocycles. The molecular weight excluding hydrogens is 316 g/mol. The van der Waals surface area contributed by atoms with E-state index in [9.17, 15) is 4.79 Å². The molecule has 5 heteroatoms. The molecule has 1 heterocycles. The van der Waals surface area contributed by atoms with Crippen LogP contribution in [0.2, 0.25) is 5.02 Å². The minimum Gasteiger partial charge on any atom is -0.369 e. The number of fused-ring (bicyclic) bond motifs is 1. The number of hydrogen-bond donors (Lipinski definition) is 2. The van der Waals surface area contributed by atoms with Crippen LogP contribution in [0.4, 0.5) is 0 Å². The molecular formula is C17H15ClN2OS. The highest BCUT2D eigenvalue weighted by Gasteiger charge is 2.14. The summed E-state index contributed by atoms with van der Waals surface area (Å²) in [4.78, 5) is 16.8. The van der Waals surface area contributed by atoms with Gasteiger partial charge in [0.2, 0.25) is 5.91 Å². The van der Waals surface area contributed by atoms with E-state index in [0.29, 0.717) is 5.02 Å². The molecule has 0 saturated heterocycles. The number of carbonyl (C=O) groups excluding carboxylic acids is 1. The Morgan fingerprint density at radius 1 is 1.23 bits per heavy atom. The molecule has 3 aromatic rings. The van der Waals surface area contributed by atoms with Crippen molar-refractivity contribution in [2.75, 3.05) is 0 Å². The van der Waals surface area contributed by atoms with Gasteiger partial charge in [0.15, 0.2) is 0 Å². The zero-order valence-corrected chi connectivity index (χ0v) is 13.6. The van der Waals surface area contributed by atoms with Gasteiger partial charge < -0.3 is 10.7 Å². The average Bonchev–Trinajstić information content (AvgIpc) is 2.77. The van der Waals surface area contributed by atoms with Gasteiger partial charge in [-0.25, -0.2) is 0 Å². The monoisotopic (exact) mass is 330 g/mol. The van der Waals surface area contributed by atoms with Crippen molar-refractivity contribution in [3.05, 3.63) is 58.7 Å². The Labute approximate surface area is 137 Å². The van der Waals surface area contributed by atoms with Crippen LogP contribution in [0.25, 0.3) is 10.9 Å². The third kappa shape index (κ3) is 3.13. The van der Waals surface area contributed by atoms with Crippen molar-refractivity contribution in [2.45, 2.75) is 23.1 Å². The highest BCUT2D eigenvalue weighted by atomic mass is 35.5. The molecule has 3 rings (SSSR count). The van der Waals surface area contributed by atoms with Crippen molar-refractivity contribution in [1.82, 2.24) is 4.98 Å². The Morgan fingerprint density at radius 3 is 2.64 bits per heavy atom. The number of aryl methyl sites for hydroxylation is 1. The topological polar surface area (TPSA) is 58.9 Å².